The Hall–Kier alpha value is -2.41. The van der Waals surface area contributed by atoms with E-state index in [1.165, 1.54) is 17.7 Å². The number of carbonyl (C=O) groups excluding carboxylic acids is 1. The fourth-order valence-corrected chi connectivity index (χ4v) is 2.72. The lowest BCUT2D eigenvalue weighted by Gasteiger charge is -2.06. The molecule has 0 spiro atoms. The summed E-state index contributed by atoms with van der Waals surface area (Å²) in [7, 11) is 0. The molecule has 108 valence electrons. The Morgan fingerprint density at radius 1 is 1.33 bits per heavy atom. The molecule has 0 aliphatic rings. The van der Waals surface area contributed by atoms with Gasteiger partial charge >= 0.3 is 0 Å². The Morgan fingerprint density at radius 3 is 3.05 bits per heavy atom. The zero-order valence-electron chi connectivity index (χ0n) is 11.2. The molecule has 0 saturated heterocycles. The van der Waals surface area contributed by atoms with E-state index in [4.69, 9.17) is 4.74 Å². The number of carbonyl (C=O) groups is 1. The van der Waals surface area contributed by atoms with Crippen molar-refractivity contribution < 1.29 is 9.53 Å². The predicted octanol–water partition coefficient (Wildman–Crippen LogP) is 1.53. The lowest BCUT2D eigenvalue weighted by atomic mass is 10.3. The molecule has 0 unspecified atom stereocenters. The van der Waals surface area contributed by atoms with Gasteiger partial charge < -0.3 is 10.1 Å². The number of rotatable bonds is 6. The molecule has 0 bridgehead atoms. The van der Waals surface area contributed by atoms with E-state index in [0.717, 1.165) is 10.7 Å². The van der Waals surface area contributed by atoms with E-state index < -0.39 is 0 Å². The van der Waals surface area contributed by atoms with Gasteiger partial charge in [0.2, 0.25) is 4.96 Å². The molecular formula is C14H14N4O2S. The van der Waals surface area contributed by atoms with Crippen LogP contribution in [0.5, 0.6) is 5.75 Å². The van der Waals surface area contributed by atoms with Gasteiger partial charge in [-0.2, -0.15) is 5.10 Å². The number of benzene rings is 1. The summed E-state index contributed by atoms with van der Waals surface area (Å²) in [6.45, 7) is 0.565. The molecule has 0 aliphatic heterocycles. The average Bonchev–Trinajstić information content (AvgIpc) is 3.11. The van der Waals surface area contributed by atoms with Crippen LogP contribution in [0.15, 0.2) is 42.0 Å². The molecular weight excluding hydrogens is 288 g/mol. The first-order chi connectivity index (χ1) is 10.3. The minimum atomic E-state index is -0.135. The van der Waals surface area contributed by atoms with Crippen LogP contribution >= 0.6 is 11.3 Å². The SMILES string of the molecule is O=C(COc1ccccc1)NCCc1csc2ncnn12. The monoisotopic (exact) mass is 302 g/mol. The van der Waals surface area contributed by atoms with Crippen molar-refractivity contribution in [2.24, 2.45) is 0 Å². The van der Waals surface area contributed by atoms with Crippen molar-refractivity contribution in [2.45, 2.75) is 6.42 Å². The summed E-state index contributed by atoms with van der Waals surface area (Å²) in [4.78, 5) is 16.7. The number of thiazole rings is 1. The van der Waals surface area contributed by atoms with Crippen molar-refractivity contribution in [3.05, 3.63) is 47.7 Å². The Bertz CT molecular complexity index is 723. The van der Waals surface area contributed by atoms with Crippen molar-refractivity contribution in [1.82, 2.24) is 19.9 Å². The van der Waals surface area contributed by atoms with E-state index in [-0.39, 0.29) is 12.5 Å². The first kappa shape index (κ1) is 13.6. The van der Waals surface area contributed by atoms with Gasteiger partial charge in [0.1, 0.15) is 12.1 Å². The Kier molecular flexibility index (Phi) is 4.11. The van der Waals surface area contributed by atoms with Crippen LogP contribution in [0.4, 0.5) is 0 Å². The summed E-state index contributed by atoms with van der Waals surface area (Å²) in [5.41, 5.74) is 1.04. The highest BCUT2D eigenvalue weighted by Gasteiger charge is 2.06. The number of fused-ring (bicyclic) bond motifs is 1. The van der Waals surface area contributed by atoms with E-state index in [0.29, 0.717) is 18.7 Å². The molecule has 6 nitrogen and oxygen atoms in total. The highest BCUT2D eigenvalue weighted by Crippen LogP contribution is 2.12. The van der Waals surface area contributed by atoms with Crippen LogP contribution in [0.3, 0.4) is 0 Å². The minimum absolute atomic E-state index is 0.0202. The topological polar surface area (TPSA) is 68.5 Å². The van der Waals surface area contributed by atoms with Gasteiger partial charge in [0.25, 0.3) is 5.91 Å². The van der Waals surface area contributed by atoms with Crippen LogP contribution in [-0.2, 0) is 11.2 Å². The van der Waals surface area contributed by atoms with Gasteiger partial charge in [-0.15, -0.1) is 11.3 Å². The third kappa shape index (κ3) is 3.38. The lowest BCUT2D eigenvalue weighted by molar-refractivity contribution is -0.123. The highest BCUT2D eigenvalue weighted by molar-refractivity contribution is 7.15. The minimum Gasteiger partial charge on any atom is -0.484 e. The molecule has 1 amide bonds. The average molecular weight is 302 g/mol. The molecule has 2 aromatic heterocycles. The molecule has 0 saturated carbocycles. The molecule has 0 atom stereocenters. The summed E-state index contributed by atoms with van der Waals surface area (Å²) >= 11 is 1.54. The van der Waals surface area contributed by atoms with Gasteiger partial charge in [-0.05, 0) is 12.1 Å². The number of amides is 1. The van der Waals surface area contributed by atoms with Gasteiger partial charge in [0.05, 0.1) is 5.69 Å². The maximum atomic E-state index is 11.7. The molecule has 3 rings (SSSR count). The van der Waals surface area contributed by atoms with Crippen LogP contribution < -0.4 is 10.1 Å². The van der Waals surface area contributed by atoms with Crippen molar-refractivity contribution in [2.75, 3.05) is 13.2 Å². The van der Waals surface area contributed by atoms with E-state index in [9.17, 15) is 4.79 Å². The van der Waals surface area contributed by atoms with Gasteiger partial charge in [-0.25, -0.2) is 9.50 Å². The second kappa shape index (κ2) is 6.36. The first-order valence-electron chi connectivity index (χ1n) is 6.53. The fourth-order valence-electron chi connectivity index (χ4n) is 1.89. The van der Waals surface area contributed by atoms with Crippen molar-refractivity contribution >= 4 is 22.2 Å². The smallest absolute Gasteiger partial charge is 0.257 e. The number of nitrogens with zero attached hydrogens (tertiary/aromatic N) is 3. The van der Waals surface area contributed by atoms with Crippen LogP contribution in [-0.4, -0.2) is 33.7 Å². The molecule has 0 aliphatic carbocycles. The number of ether oxygens (including phenoxy) is 1. The second-order valence-corrected chi connectivity index (χ2v) is 5.22. The molecule has 21 heavy (non-hydrogen) atoms. The normalized spacial score (nSPS) is 10.7. The zero-order valence-corrected chi connectivity index (χ0v) is 12.0. The quantitative estimate of drug-likeness (QED) is 0.750. The van der Waals surface area contributed by atoms with Crippen molar-refractivity contribution in [1.29, 1.82) is 0 Å². The molecule has 7 heteroatoms. The van der Waals surface area contributed by atoms with Crippen LogP contribution in [0, 0.1) is 0 Å². The second-order valence-electron chi connectivity index (χ2n) is 4.38. The Labute approximate surface area is 125 Å². The third-order valence-electron chi connectivity index (χ3n) is 2.91. The fraction of sp³-hybridized carbons (Fsp3) is 0.214. The summed E-state index contributed by atoms with van der Waals surface area (Å²) in [5, 5.41) is 8.96. The lowest BCUT2D eigenvalue weighted by Crippen LogP contribution is -2.30. The van der Waals surface area contributed by atoms with Crippen LogP contribution in [0.2, 0.25) is 0 Å². The summed E-state index contributed by atoms with van der Waals surface area (Å²) in [6.07, 6.45) is 2.24. The van der Waals surface area contributed by atoms with E-state index in [1.54, 1.807) is 4.52 Å². The largest absolute Gasteiger partial charge is 0.484 e. The molecule has 0 radical (unpaired) electrons. The number of para-hydroxylation sites is 1. The van der Waals surface area contributed by atoms with E-state index >= 15 is 0 Å². The van der Waals surface area contributed by atoms with Gasteiger partial charge in [0, 0.05) is 18.3 Å². The third-order valence-corrected chi connectivity index (χ3v) is 3.78. The predicted molar refractivity (Wildman–Crippen MR) is 79.5 cm³/mol. The van der Waals surface area contributed by atoms with Crippen LogP contribution in [0.1, 0.15) is 5.69 Å². The number of hydrogen-bond acceptors (Lipinski definition) is 5. The van der Waals surface area contributed by atoms with E-state index in [2.05, 4.69) is 15.4 Å². The molecule has 1 aromatic carbocycles. The van der Waals surface area contributed by atoms with Gasteiger partial charge in [0.15, 0.2) is 6.61 Å². The molecule has 2 heterocycles. The summed E-state index contributed by atoms with van der Waals surface area (Å²) < 4.78 is 7.16. The summed E-state index contributed by atoms with van der Waals surface area (Å²) in [5.74, 6) is 0.554. The van der Waals surface area contributed by atoms with E-state index in [1.807, 2.05) is 35.7 Å². The summed E-state index contributed by atoms with van der Waals surface area (Å²) in [6, 6.07) is 9.28. The van der Waals surface area contributed by atoms with Crippen molar-refractivity contribution in [3.8, 4) is 5.75 Å². The van der Waals surface area contributed by atoms with Gasteiger partial charge in [-0.1, -0.05) is 18.2 Å². The van der Waals surface area contributed by atoms with Gasteiger partial charge in [-0.3, -0.25) is 4.79 Å². The number of nitrogens with one attached hydrogen (secondary N) is 1. The highest BCUT2D eigenvalue weighted by atomic mass is 32.1. The first-order valence-corrected chi connectivity index (χ1v) is 7.41. The molecule has 0 fully saturated rings. The number of aromatic nitrogens is 3. The maximum absolute atomic E-state index is 11.7. The maximum Gasteiger partial charge on any atom is 0.257 e. The molecule has 1 N–H and O–H groups in total. The Morgan fingerprint density at radius 2 is 2.19 bits per heavy atom. The number of hydrogen-bond donors (Lipinski definition) is 1. The Balaban J connectivity index is 1.43. The standard InChI is InChI=1S/C14H14N4O2S/c19-13(8-20-12-4-2-1-3-5-12)15-7-6-11-9-21-14-16-10-17-18(11)14/h1-5,9-10H,6-8H2,(H,15,19). The van der Waals surface area contributed by atoms with Crippen molar-refractivity contribution in [3.63, 3.8) is 0 Å². The molecule has 3 aromatic rings. The zero-order chi connectivity index (χ0) is 14.5. The van der Waals surface area contributed by atoms with Crippen LogP contribution in [0.25, 0.3) is 4.96 Å².